The molecular formula is C136H87N9. The molecule has 0 N–H and O–H groups in total. The lowest BCUT2D eigenvalue weighted by Crippen LogP contribution is -2.15. The highest BCUT2D eigenvalue weighted by Gasteiger charge is 2.36. The highest BCUT2D eigenvalue weighted by Crippen LogP contribution is 2.51. The molecule has 145 heavy (non-hydrogen) atoms. The van der Waals surface area contributed by atoms with Gasteiger partial charge in [-0.15, -0.1) is 0 Å². The van der Waals surface area contributed by atoms with Crippen LogP contribution in [0.5, 0.6) is 0 Å². The van der Waals surface area contributed by atoms with Gasteiger partial charge in [-0.1, -0.05) is 463 Å². The first kappa shape index (κ1) is 85.1. The van der Waals surface area contributed by atoms with E-state index in [0.717, 1.165) is 87.8 Å². The second-order valence-electron chi connectivity index (χ2n) is 38.1. The third kappa shape index (κ3) is 15.3. The maximum Gasteiger partial charge on any atom is 0.164 e. The van der Waals surface area contributed by atoms with Crippen LogP contribution >= 0.6 is 0 Å². The summed E-state index contributed by atoms with van der Waals surface area (Å²) in [6.45, 7) is 4.61. The van der Waals surface area contributed by atoms with Crippen LogP contribution in [0.15, 0.2) is 491 Å². The molecule has 1 aliphatic rings. The first-order valence-electron chi connectivity index (χ1n) is 49.3. The smallest absolute Gasteiger partial charge is 0.164 e. The second kappa shape index (κ2) is 35.4. The molecule has 0 saturated heterocycles. The predicted molar refractivity (Wildman–Crippen MR) is 604 cm³/mol. The predicted octanol–water partition coefficient (Wildman–Crippen LogP) is 35.2. The number of hydrogen-bond donors (Lipinski definition) is 0. The summed E-state index contributed by atoms with van der Waals surface area (Å²) in [5.41, 5.74) is 18.6. The lowest BCUT2D eigenvalue weighted by molar-refractivity contribution is 0.660. The van der Waals surface area contributed by atoms with Crippen LogP contribution in [0.25, 0.3) is 276 Å². The van der Waals surface area contributed by atoms with E-state index in [0.29, 0.717) is 52.4 Å². The summed E-state index contributed by atoms with van der Waals surface area (Å²) in [4.78, 5) is 45.6. The van der Waals surface area contributed by atoms with Gasteiger partial charge in [-0.3, -0.25) is 0 Å². The van der Waals surface area contributed by atoms with Gasteiger partial charge >= 0.3 is 0 Å². The number of fused-ring (bicyclic) bond motifs is 22. The van der Waals surface area contributed by atoms with Crippen LogP contribution in [0.3, 0.4) is 0 Å². The van der Waals surface area contributed by atoms with Gasteiger partial charge in [0, 0.05) is 55.5 Å². The third-order valence-electron chi connectivity index (χ3n) is 29.3. The molecule has 25 aromatic carbocycles. The summed E-state index contributed by atoms with van der Waals surface area (Å²) in [6, 6.07) is 174. The van der Waals surface area contributed by atoms with Gasteiger partial charge in [0.25, 0.3) is 0 Å². The van der Waals surface area contributed by atoms with E-state index in [1.165, 1.54) is 147 Å². The molecule has 676 valence electrons. The number of rotatable bonds is 11. The summed E-state index contributed by atoms with van der Waals surface area (Å²) >= 11 is 0. The zero-order valence-corrected chi connectivity index (χ0v) is 79.3. The average Bonchev–Trinajstić information content (AvgIpc) is 1.67. The Morgan fingerprint density at radius 2 is 0.345 bits per heavy atom. The molecule has 0 amide bonds. The molecule has 0 radical (unpaired) electrons. The summed E-state index contributed by atoms with van der Waals surface area (Å²) in [5, 5.41) is 31.8. The quantitative estimate of drug-likeness (QED) is 0.117. The van der Waals surface area contributed by atoms with Crippen molar-refractivity contribution in [1.29, 1.82) is 0 Å². The van der Waals surface area contributed by atoms with Gasteiger partial charge in [-0.2, -0.15) is 0 Å². The Morgan fingerprint density at radius 3 is 0.766 bits per heavy atom. The highest BCUT2D eigenvalue weighted by atomic mass is 15.1. The molecule has 9 heteroatoms. The number of aromatic nitrogens is 9. The Hall–Kier alpha value is -19.1. The Labute approximate surface area is 836 Å². The minimum Gasteiger partial charge on any atom is -0.208 e. The molecule has 0 fully saturated rings. The van der Waals surface area contributed by atoms with Crippen molar-refractivity contribution in [2.75, 3.05) is 0 Å². The third-order valence-corrected chi connectivity index (χ3v) is 29.3. The Balaban J connectivity index is 0.000000109. The van der Waals surface area contributed by atoms with Crippen LogP contribution in [-0.4, -0.2) is 44.9 Å². The van der Waals surface area contributed by atoms with E-state index in [2.05, 4.69) is 426 Å². The minimum atomic E-state index is -0.105. The zero-order valence-electron chi connectivity index (χ0n) is 79.3. The maximum atomic E-state index is 5.19. The number of benzene rings is 25. The van der Waals surface area contributed by atoms with E-state index < -0.39 is 0 Å². The van der Waals surface area contributed by atoms with Crippen molar-refractivity contribution in [1.82, 2.24) is 44.9 Å². The zero-order chi connectivity index (χ0) is 96.2. The number of nitrogens with zero attached hydrogens (tertiary/aromatic N) is 9. The van der Waals surface area contributed by atoms with Crippen LogP contribution in [0.1, 0.15) is 25.0 Å². The molecule has 3 aromatic heterocycles. The van der Waals surface area contributed by atoms with Crippen molar-refractivity contribution in [3.63, 3.8) is 0 Å². The largest absolute Gasteiger partial charge is 0.208 e. The summed E-state index contributed by atoms with van der Waals surface area (Å²) in [7, 11) is 0. The molecule has 0 aliphatic heterocycles. The molecule has 0 spiro atoms. The second-order valence-corrected chi connectivity index (χ2v) is 38.1. The van der Waals surface area contributed by atoms with Gasteiger partial charge in [-0.25, -0.2) is 44.9 Å². The van der Waals surface area contributed by atoms with E-state index in [1.54, 1.807) is 0 Å². The molecule has 0 atom stereocenters. The average molecular weight is 1850 g/mol. The van der Waals surface area contributed by atoms with Crippen LogP contribution in [-0.2, 0) is 5.41 Å². The first-order valence-corrected chi connectivity index (χ1v) is 49.3. The van der Waals surface area contributed by atoms with Gasteiger partial charge in [0.15, 0.2) is 52.4 Å². The van der Waals surface area contributed by atoms with Crippen LogP contribution in [0.4, 0.5) is 0 Å². The van der Waals surface area contributed by atoms with Crippen LogP contribution in [0.2, 0.25) is 0 Å². The molecule has 0 saturated carbocycles. The molecule has 0 bridgehead atoms. The molecule has 29 rings (SSSR count). The Bertz CT molecular complexity index is 9990. The van der Waals surface area contributed by atoms with E-state index >= 15 is 0 Å². The highest BCUT2D eigenvalue weighted by molar-refractivity contribution is 6.21. The fraction of sp³-hybridized carbons (Fsp3) is 0.0221. The lowest BCUT2D eigenvalue weighted by atomic mass is 9.82. The van der Waals surface area contributed by atoms with Crippen LogP contribution < -0.4 is 0 Å². The summed E-state index contributed by atoms with van der Waals surface area (Å²) < 4.78 is 0. The van der Waals surface area contributed by atoms with E-state index in [9.17, 15) is 0 Å². The van der Waals surface area contributed by atoms with Crippen LogP contribution in [0, 0.1) is 0 Å². The SMILES string of the molecule is CC1(C)c2ccccc2-c2ccc(-c3nc(-c4ccccc4)nc(-c4ccc5c(ccc6c7ccccc7ccc56)c4)n3)cc21.c1ccc(-c2nc(-c3ccccc3)nc(-c3cccc4c(-c5ccc6c(ccc7c8ccccc8ccc67)c5)cccc34)n2)cc1.c1ccc2cc(-c3nc(-c4ccc5ccccc5c4)nc(-c4ccc(-c5ccc6c(ccc7c8ccccc8ccc67)c5)c5ccccc45)n3)ccc2c1. The van der Waals surface area contributed by atoms with Crippen molar-refractivity contribution >= 4 is 140 Å². The van der Waals surface area contributed by atoms with E-state index in [4.69, 9.17) is 44.9 Å². The standard InChI is InChI=1S/C51H31N3.C43H27N3.C42H29N3/c1-3-12-35-29-39(19-17-32(35)9-1)49-52-50(40-20-18-33-10-2-4-13-36(33)30-40)54-51(53-49)48-28-27-43(44-15-7-8-16-45(44)48)37-22-24-42-38(31-37)23-26-46-41-14-6-5-11-34(41)21-25-47(42)46;1-3-12-29(13-4-1)41-44-42(30-14-5-2-6-15-30)46-43(45-41)40-20-10-18-36-34(17-9-19-37(36)40)31-22-24-35-32(27-31)23-26-38-33-16-8-7-11-28(33)21-25-39(35)38;1-42(2)37-15-9-8-14-35(37)36-23-19-30(25-38(36)42)41-44-39(27-11-4-3-5-12-27)43-40(45-41)29-18-20-32-28(24-29)17-22-33-31-13-7-6-10-26(31)16-21-34(32)33/h1-31H;1-27H;3-25H,1-2H3. The van der Waals surface area contributed by atoms with Crippen molar-refractivity contribution in [3.8, 4) is 136 Å². The van der Waals surface area contributed by atoms with Crippen molar-refractivity contribution in [3.05, 3.63) is 503 Å². The number of hydrogen-bond acceptors (Lipinski definition) is 9. The van der Waals surface area contributed by atoms with E-state index in [-0.39, 0.29) is 5.41 Å². The van der Waals surface area contributed by atoms with Gasteiger partial charge in [0.2, 0.25) is 0 Å². The fourth-order valence-corrected chi connectivity index (χ4v) is 22.0. The van der Waals surface area contributed by atoms with E-state index in [1.807, 2.05) is 78.9 Å². The van der Waals surface area contributed by atoms with Gasteiger partial charge < -0.3 is 0 Å². The lowest BCUT2D eigenvalue weighted by Gasteiger charge is -2.21. The minimum absolute atomic E-state index is 0.105. The molecule has 9 nitrogen and oxygen atoms in total. The Kier molecular flexibility index (Phi) is 20.8. The summed E-state index contributed by atoms with van der Waals surface area (Å²) in [6.07, 6.45) is 0. The molecule has 1 aliphatic carbocycles. The van der Waals surface area contributed by atoms with Gasteiger partial charge in [0.05, 0.1) is 0 Å². The molecule has 0 unspecified atom stereocenters. The summed E-state index contributed by atoms with van der Waals surface area (Å²) in [5.74, 6) is 5.95. The molecule has 3 heterocycles. The maximum absolute atomic E-state index is 5.19. The molecular weight excluding hydrogens is 1760 g/mol. The first-order chi connectivity index (χ1) is 71.6. The van der Waals surface area contributed by atoms with Crippen molar-refractivity contribution in [2.24, 2.45) is 0 Å². The van der Waals surface area contributed by atoms with Crippen molar-refractivity contribution in [2.45, 2.75) is 19.3 Å². The van der Waals surface area contributed by atoms with Crippen molar-refractivity contribution < 1.29 is 0 Å². The fourth-order valence-electron chi connectivity index (χ4n) is 22.0. The molecule has 28 aromatic rings. The normalized spacial score (nSPS) is 12.1. The topological polar surface area (TPSA) is 116 Å². The van der Waals surface area contributed by atoms with Gasteiger partial charge in [-0.05, 0) is 227 Å². The van der Waals surface area contributed by atoms with Gasteiger partial charge in [0.1, 0.15) is 0 Å². The monoisotopic (exact) mass is 1850 g/mol. The Morgan fingerprint density at radius 1 is 0.117 bits per heavy atom.